The van der Waals surface area contributed by atoms with Crippen LogP contribution in [-0.4, -0.2) is 9.97 Å². The molecule has 0 spiro atoms. The molecule has 0 aliphatic heterocycles. The maximum Gasteiger partial charge on any atom is 0.160 e. The van der Waals surface area contributed by atoms with Gasteiger partial charge in [0, 0.05) is 21.9 Å². The van der Waals surface area contributed by atoms with Crippen LogP contribution in [0.2, 0.25) is 0 Å². The van der Waals surface area contributed by atoms with Crippen LogP contribution in [0.5, 0.6) is 0 Å². The van der Waals surface area contributed by atoms with E-state index in [1.54, 1.807) is 0 Å². The van der Waals surface area contributed by atoms with Crippen molar-refractivity contribution in [2.24, 2.45) is 0 Å². The van der Waals surface area contributed by atoms with Gasteiger partial charge in [-0.3, -0.25) is 0 Å². The lowest BCUT2D eigenvalue weighted by molar-refractivity contribution is 1.23. The van der Waals surface area contributed by atoms with Crippen molar-refractivity contribution in [2.45, 2.75) is 0 Å². The maximum atomic E-state index is 5.35. The molecule has 2 nitrogen and oxygen atoms in total. The van der Waals surface area contributed by atoms with Crippen molar-refractivity contribution in [1.82, 2.24) is 9.97 Å². The average Bonchev–Trinajstić information content (AvgIpc) is 3.44. The van der Waals surface area contributed by atoms with E-state index < -0.39 is 0 Å². The van der Waals surface area contributed by atoms with Gasteiger partial charge >= 0.3 is 0 Å². The predicted molar refractivity (Wildman–Crippen MR) is 296 cm³/mol. The van der Waals surface area contributed by atoms with Gasteiger partial charge in [0.25, 0.3) is 0 Å². The van der Waals surface area contributed by atoms with Crippen molar-refractivity contribution < 1.29 is 0 Å². The Bertz CT molecular complexity index is 4110. The Morgan fingerprint density at radius 3 is 1.00 bits per heavy atom. The Labute approximate surface area is 407 Å². The molecule has 0 fully saturated rings. The van der Waals surface area contributed by atoms with Gasteiger partial charge in [0.1, 0.15) is 0 Å². The lowest BCUT2D eigenvalue weighted by Gasteiger charge is -2.13. The standard InChI is InChI=1S/C68H44N2/c1-3-14-52-41-62(35-29-45(52)11-1)60-22-9-20-58(43-60)56-18-7-16-54(39-56)47-25-31-50(32-26-47)66-65-38-37-49-13-5-6-24-64(49)67(65)70-68(69-66)51-33-27-48(28-34-51)55-17-8-19-57(40-55)59-21-10-23-61(44-59)63-36-30-46-12-2-4-15-53(46)42-63/h1-44H. The van der Waals surface area contributed by atoms with E-state index in [0.29, 0.717) is 5.82 Å². The molecular weight excluding hydrogens is 845 g/mol. The van der Waals surface area contributed by atoms with Crippen LogP contribution in [0.4, 0.5) is 0 Å². The molecule has 0 aliphatic carbocycles. The Kier molecular flexibility index (Phi) is 10.2. The Balaban J connectivity index is 0.807. The van der Waals surface area contributed by atoms with Crippen LogP contribution < -0.4 is 0 Å². The van der Waals surface area contributed by atoms with Crippen LogP contribution in [0.15, 0.2) is 267 Å². The molecule has 0 atom stereocenters. The van der Waals surface area contributed by atoms with Crippen molar-refractivity contribution in [2.75, 3.05) is 0 Å². The van der Waals surface area contributed by atoms with Gasteiger partial charge in [0.2, 0.25) is 0 Å². The van der Waals surface area contributed by atoms with Crippen molar-refractivity contribution in [1.29, 1.82) is 0 Å². The van der Waals surface area contributed by atoms with Gasteiger partial charge in [0.15, 0.2) is 5.82 Å². The van der Waals surface area contributed by atoms with Crippen LogP contribution in [0, 0.1) is 0 Å². The second-order valence-electron chi connectivity index (χ2n) is 18.2. The van der Waals surface area contributed by atoms with Crippen LogP contribution in [0.1, 0.15) is 0 Å². The highest BCUT2D eigenvalue weighted by Gasteiger charge is 2.16. The number of rotatable bonds is 8. The summed E-state index contributed by atoms with van der Waals surface area (Å²) < 4.78 is 0. The first kappa shape index (κ1) is 41.0. The van der Waals surface area contributed by atoms with Crippen molar-refractivity contribution in [3.8, 4) is 89.4 Å². The number of nitrogens with zero attached hydrogens (tertiary/aromatic N) is 2. The van der Waals surface area contributed by atoms with Crippen LogP contribution in [0.25, 0.3) is 133 Å². The quantitative estimate of drug-likeness (QED) is 0.142. The summed E-state index contributed by atoms with van der Waals surface area (Å²) in [6.45, 7) is 0. The van der Waals surface area contributed by atoms with E-state index >= 15 is 0 Å². The first-order chi connectivity index (χ1) is 34.6. The third-order valence-electron chi connectivity index (χ3n) is 13.8. The zero-order valence-electron chi connectivity index (χ0n) is 38.3. The van der Waals surface area contributed by atoms with Crippen LogP contribution in [-0.2, 0) is 0 Å². The maximum absolute atomic E-state index is 5.35. The molecule has 1 heterocycles. The highest BCUT2D eigenvalue weighted by Crippen LogP contribution is 2.37. The summed E-state index contributed by atoms with van der Waals surface area (Å²) in [4.78, 5) is 10.6. The van der Waals surface area contributed by atoms with Crippen molar-refractivity contribution in [3.63, 3.8) is 0 Å². The van der Waals surface area contributed by atoms with Gasteiger partial charge in [0.05, 0.1) is 11.2 Å². The first-order valence-electron chi connectivity index (χ1n) is 23.9. The molecular formula is C68H44N2. The Hall–Kier alpha value is -9.24. The molecule has 326 valence electrons. The minimum absolute atomic E-state index is 0.701. The van der Waals surface area contributed by atoms with E-state index in [-0.39, 0.29) is 0 Å². The van der Waals surface area contributed by atoms with E-state index in [4.69, 9.17) is 9.97 Å². The van der Waals surface area contributed by atoms with Crippen LogP contribution >= 0.6 is 0 Å². The smallest absolute Gasteiger partial charge is 0.160 e. The Morgan fingerprint density at radius 2 is 0.529 bits per heavy atom. The molecule has 0 saturated carbocycles. The van der Waals surface area contributed by atoms with Crippen molar-refractivity contribution >= 4 is 43.2 Å². The lowest BCUT2D eigenvalue weighted by Crippen LogP contribution is -1.96. The molecule has 0 aliphatic rings. The third-order valence-corrected chi connectivity index (χ3v) is 13.8. The fraction of sp³-hybridized carbons (Fsp3) is 0. The molecule has 13 aromatic rings. The van der Waals surface area contributed by atoms with Gasteiger partial charge in [-0.1, -0.05) is 224 Å². The highest BCUT2D eigenvalue weighted by atomic mass is 14.9. The van der Waals surface area contributed by atoms with E-state index in [9.17, 15) is 0 Å². The predicted octanol–water partition coefficient (Wildman–Crippen LogP) is 18.4. The number of aromatic nitrogens is 2. The SMILES string of the molecule is c1cc(-c2ccc(-c3nc(-c4ccc(-c5cccc(-c6cccc(-c7ccc8ccccc8c7)c6)c5)cc4)c4ccc5ccccc5c4n3)cc2)cc(-c2cccc(-c3ccc4ccccc4c3)c2)c1. The number of fused-ring (bicyclic) bond motifs is 5. The Morgan fingerprint density at radius 1 is 0.186 bits per heavy atom. The third kappa shape index (κ3) is 7.78. The molecule has 13 rings (SSSR count). The molecule has 12 aromatic carbocycles. The summed E-state index contributed by atoms with van der Waals surface area (Å²) in [6.07, 6.45) is 0. The molecule has 0 radical (unpaired) electrons. The zero-order valence-corrected chi connectivity index (χ0v) is 38.3. The van der Waals surface area contributed by atoms with E-state index in [0.717, 1.165) is 55.2 Å². The minimum atomic E-state index is 0.701. The highest BCUT2D eigenvalue weighted by molar-refractivity contribution is 6.10. The fourth-order valence-electron chi connectivity index (χ4n) is 10.1. The summed E-state index contributed by atoms with van der Waals surface area (Å²) in [5, 5.41) is 8.30. The molecule has 0 N–H and O–H groups in total. The molecule has 1 aromatic heterocycles. The lowest BCUT2D eigenvalue weighted by atomic mass is 9.94. The summed E-state index contributed by atoms with van der Waals surface area (Å²) in [5.74, 6) is 0.701. The average molecular weight is 889 g/mol. The summed E-state index contributed by atoms with van der Waals surface area (Å²) in [5.41, 5.74) is 18.1. The second-order valence-corrected chi connectivity index (χ2v) is 18.2. The van der Waals surface area contributed by atoms with E-state index in [2.05, 4.69) is 267 Å². The topological polar surface area (TPSA) is 25.8 Å². The normalized spacial score (nSPS) is 11.4. The summed E-state index contributed by atoms with van der Waals surface area (Å²) in [6, 6.07) is 96.3. The first-order valence-corrected chi connectivity index (χ1v) is 23.9. The fourth-order valence-corrected chi connectivity index (χ4v) is 10.1. The molecule has 2 heteroatoms. The molecule has 0 bridgehead atoms. The second kappa shape index (κ2) is 17.4. The summed E-state index contributed by atoms with van der Waals surface area (Å²) >= 11 is 0. The van der Waals surface area contributed by atoms with Gasteiger partial charge < -0.3 is 0 Å². The number of hydrogen-bond acceptors (Lipinski definition) is 2. The number of benzene rings is 12. The zero-order chi connectivity index (χ0) is 46.4. The van der Waals surface area contributed by atoms with Crippen molar-refractivity contribution in [3.05, 3.63) is 267 Å². The van der Waals surface area contributed by atoms with E-state index in [1.807, 2.05) is 0 Å². The molecule has 0 unspecified atom stereocenters. The van der Waals surface area contributed by atoms with Gasteiger partial charge in [-0.15, -0.1) is 0 Å². The molecule has 0 amide bonds. The molecule has 0 saturated heterocycles. The van der Waals surface area contributed by atoms with Gasteiger partial charge in [-0.2, -0.15) is 0 Å². The largest absolute Gasteiger partial charge is 0.227 e. The van der Waals surface area contributed by atoms with Gasteiger partial charge in [-0.05, 0) is 136 Å². The molecule has 70 heavy (non-hydrogen) atoms. The number of hydrogen-bond donors (Lipinski definition) is 0. The monoisotopic (exact) mass is 888 g/mol. The van der Waals surface area contributed by atoms with Gasteiger partial charge in [-0.25, -0.2) is 9.97 Å². The van der Waals surface area contributed by atoms with Crippen LogP contribution in [0.3, 0.4) is 0 Å². The minimum Gasteiger partial charge on any atom is -0.227 e. The summed E-state index contributed by atoms with van der Waals surface area (Å²) in [7, 11) is 0. The van der Waals surface area contributed by atoms with E-state index in [1.165, 1.54) is 71.6 Å².